The number of pyridine rings is 1. The van der Waals surface area contributed by atoms with Crippen molar-refractivity contribution in [3.8, 4) is 0 Å². The Bertz CT molecular complexity index is 800. The van der Waals surface area contributed by atoms with Gasteiger partial charge in [0.1, 0.15) is 6.54 Å². The lowest BCUT2D eigenvalue weighted by atomic mass is 9.99. The van der Waals surface area contributed by atoms with Crippen LogP contribution in [-0.4, -0.2) is 66.4 Å². The molecule has 0 aliphatic carbocycles. The number of hydrogen-bond donors (Lipinski definition) is 1. The zero-order chi connectivity index (χ0) is 20.5. The topological polar surface area (TPSA) is 60.8 Å². The van der Waals surface area contributed by atoms with Crippen molar-refractivity contribution >= 4 is 35.8 Å². The Kier molecular flexibility index (Phi) is 10.1. The van der Waals surface area contributed by atoms with Crippen molar-refractivity contribution in [2.45, 2.75) is 25.7 Å². The first kappa shape index (κ1) is 24.1. The van der Waals surface area contributed by atoms with Crippen LogP contribution in [0.3, 0.4) is 0 Å². The molecule has 0 bridgehead atoms. The highest BCUT2D eigenvalue weighted by atomic mass is 127. The van der Waals surface area contributed by atoms with Gasteiger partial charge in [0.2, 0.25) is 5.91 Å². The normalized spacial score (nSPS) is 16.1. The number of likely N-dealkylation sites (N-methyl/N-ethyl adjacent to an activating group) is 1. The minimum atomic E-state index is 0. The summed E-state index contributed by atoms with van der Waals surface area (Å²) in [6.45, 7) is 5.53. The Balaban J connectivity index is 0.00000320. The Morgan fingerprint density at radius 2 is 2.00 bits per heavy atom. The van der Waals surface area contributed by atoms with Crippen molar-refractivity contribution in [3.05, 3.63) is 66.0 Å². The SMILES string of the molecule is CCNC(=NCC(=O)N(C)CCc1ccccn1)N1CCC(c2ccccc2)C1.I. The quantitative estimate of drug-likeness (QED) is 0.346. The van der Waals surface area contributed by atoms with Gasteiger partial charge in [0.05, 0.1) is 0 Å². The summed E-state index contributed by atoms with van der Waals surface area (Å²) in [6.07, 6.45) is 3.63. The maximum absolute atomic E-state index is 12.5. The number of nitrogens with one attached hydrogen (secondary N) is 1. The molecule has 30 heavy (non-hydrogen) atoms. The van der Waals surface area contributed by atoms with Crippen LogP contribution < -0.4 is 5.32 Å². The number of guanidine groups is 1. The van der Waals surface area contributed by atoms with Crippen LogP contribution in [0.1, 0.15) is 30.5 Å². The number of aliphatic imine (C=N–C) groups is 1. The summed E-state index contributed by atoms with van der Waals surface area (Å²) in [5.41, 5.74) is 2.36. The fourth-order valence-electron chi connectivity index (χ4n) is 3.59. The van der Waals surface area contributed by atoms with E-state index in [-0.39, 0.29) is 36.4 Å². The summed E-state index contributed by atoms with van der Waals surface area (Å²) in [4.78, 5) is 25.5. The van der Waals surface area contributed by atoms with Crippen molar-refractivity contribution in [1.29, 1.82) is 0 Å². The lowest BCUT2D eigenvalue weighted by Crippen LogP contribution is -2.41. The minimum absolute atomic E-state index is 0. The van der Waals surface area contributed by atoms with Crippen LogP contribution in [0.4, 0.5) is 0 Å². The second-order valence-corrected chi connectivity index (χ2v) is 7.40. The first-order valence-electron chi connectivity index (χ1n) is 10.4. The average molecular weight is 521 g/mol. The molecule has 1 N–H and O–H groups in total. The molecular weight excluding hydrogens is 489 g/mol. The maximum Gasteiger partial charge on any atom is 0.244 e. The lowest BCUT2D eigenvalue weighted by Gasteiger charge is -2.22. The molecule has 1 fully saturated rings. The number of halogens is 1. The van der Waals surface area contributed by atoms with Crippen LogP contribution in [0.5, 0.6) is 0 Å². The van der Waals surface area contributed by atoms with Gasteiger partial charge in [-0.1, -0.05) is 36.4 Å². The van der Waals surface area contributed by atoms with Crippen molar-refractivity contribution in [3.63, 3.8) is 0 Å². The van der Waals surface area contributed by atoms with Gasteiger partial charge in [0.15, 0.2) is 5.96 Å². The molecule has 6 nitrogen and oxygen atoms in total. The van der Waals surface area contributed by atoms with Crippen LogP contribution in [0.2, 0.25) is 0 Å². The fourth-order valence-corrected chi connectivity index (χ4v) is 3.59. The molecule has 7 heteroatoms. The molecular formula is C23H32IN5O. The van der Waals surface area contributed by atoms with E-state index in [1.165, 1.54) is 5.56 Å². The monoisotopic (exact) mass is 521 g/mol. The minimum Gasteiger partial charge on any atom is -0.357 e. The predicted octanol–water partition coefficient (Wildman–Crippen LogP) is 3.16. The van der Waals surface area contributed by atoms with E-state index in [0.717, 1.165) is 44.1 Å². The molecule has 2 aromatic rings. The van der Waals surface area contributed by atoms with Crippen LogP contribution >= 0.6 is 24.0 Å². The third-order valence-electron chi connectivity index (χ3n) is 5.31. The lowest BCUT2D eigenvalue weighted by molar-refractivity contribution is -0.128. The third-order valence-corrected chi connectivity index (χ3v) is 5.31. The largest absolute Gasteiger partial charge is 0.357 e. The number of aromatic nitrogens is 1. The van der Waals surface area contributed by atoms with E-state index in [2.05, 4.69) is 57.4 Å². The second kappa shape index (κ2) is 12.5. The molecule has 2 heterocycles. The first-order valence-corrected chi connectivity index (χ1v) is 10.4. The highest BCUT2D eigenvalue weighted by Gasteiger charge is 2.26. The molecule has 1 amide bonds. The summed E-state index contributed by atoms with van der Waals surface area (Å²) >= 11 is 0. The van der Waals surface area contributed by atoms with Gasteiger partial charge in [-0.05, 0) is 31.0 Å². The van der Waals surface area contributed by atoms with Crippen molar-refractivity contribution in [2.75, 3.05) is 39.8 Å². The average Bonchev–Trinajstić information content (AvgIpc) is 3.26. The molecule has 3 rings (SSSR count). The summed E-state index contributed by atoms with van der Waals surface area (Å²) in [5.74, 6) is 1.37. The number of carbonyl (C=O) groups excluding carboxylic acids is 1. The Morgan fingerprint density at radius 1 is 1.23 bits per heavy atom. The van der Waals surface area contributed by atoms with Crippen molar-refractivity contribution < 1.29 is 4.79 Å². The van der Waals surface area contributed by atoms with E-state index in [9.17, 15) is 4.79 Å². The molecule has 0 spiro atoms. The molecule has 0 saturated carbocycles. The van der Waals surface area contributed by atoms with Crippen LogP contribution in [0.15, 0.2) is 59.7 Å². The zero-order valence-electron chi connectivity index (χ0n) is 17.8. The van der Waals surface area contributed by atoms with Crippen LogP contribution in [0, 0.1) is 0 Å². The van der Waals surface area contributed by atoms with E-state index >= 15 is 0 Å². The Morgan fingerprint density at radius 3 is 2.70 bits per heavy atom. The fraction of sp³-hybridized carbons (Fsp3) is 0.435. The van der Waals surface area contributed by atoms with Gasteiger partial charge < -0.3 is 15.1 Å². The van der Waals surface area contributed by atoms with E-state index in [4.69, 9.17) is 0 Å². The van der Waals surface area contributed by atoms with Crippen molar-refractivity contribution in [2.24, 2.45) is 4.99 Å². The molecule has 1 atom stereocenters. The van der Waals surface area contributed by atoms with E-state index in [1.807, 2.05) is 25.2 Å². The van der Waals surface area contributed by atoms with Gasteiger partial charge in [0, 0.05) is 57.5 Å². The third kappa shape index (κ3) is 6.97. The van der Waals surface area contributed by atoms with Gasteiger partial charge in [-0.2, -0.15) is 0 Å². The summed E-state index contributed by atoms with van der Waals surface area (Å²) < 4.78 is 0. The molecule has 1 aliphatic rings. The Hall–Kier alpha value is -2.16. The van der Waals surface area contributed by atoms with Crippen LogP contribution in [-0.2, 0) is 11.2 Å². The second-order valence-electron chi connectivity index (χ2n) is 7.40. The highest BCUT2D eigenvalue weighted by molar-refractivity contribution is 14.0. The molecule has 1 unspecified atom stereocenters. The predicted molar refractivity (Wildman–Crippen MR) is 132 cm³/mol. The number of nitrogens with zero attached hydrogens (tertiary/aromatic N) is 4. The summed E-state index contributed by atoms with van der Waals surface area (Å²) in [5, 5.41) is 3.34. The highest BCUT2D eigenvalue weighted by Crippen LogP contribution is 2.26. The van der Waals surface area contributed by atoms with E-state index < -0.39 is 0 Å². The number of benzene rings is 1. The molecule has 162 valence electrons. The number of carbonyl (C=O) groups is 1. The maximum atomic E-state index is 12.5. The number of likely N-dealkylation sites (tertiary alicyclic amines) is 1. The molecule has 0 radical (unpaired) electrons. The van der Waals surface area contributed by atoms with E-state index in [1.54, 1.807) is 11.1 Å². The van der Waals surface area contributed by atoms with Crippen LogP contribution in [0.25, 0.3) is 0 Å². The smallest absolute Gasteiger partial charge is 0.244 e. The number of amides is 1. The zero-order valence-corrected chi connectivity index (χ0v) is 20.2. The van der Waals surface area contributed by atoms with Gasteiger partial charge in [-0.15, -0.1) is 24.0 Å². The molecule has 1 aliphatic heterocycles. The summed E-state index contributed by atoms with van der Waals surface area (Å²) in [7, 11) is 1.83. The molecule has 1 aromatic heterocycles. The van der Waals surface area contributed by atoms with Gasteiger partial charge in [0.25, 0.3) is 0 Å². The van der Waals surface area contributed by atoms with Gasteiger partial charge in [-0.3, -0.25) is 9.78 Å². The van der Waals surface area contributed by atoms with E-state index in [0.29, 0.717) is 12.5 Å². The summed E-state index contributed by atoms with van der Waals surface area (Å²) in [6, 6.07) is 16.5. The standard InChI is InChI=1S/C23H31N5O.HI/c1-3-24-23(28-16-12-20(18-28)19-9-5-4-6-10-19)26-17-22(29)27(2)15-13-21-11-7-8-14-25-21;/h4-11,14,20H,3,12-13,15-18H2,1-2H3,(H,24,26);1H. The number of hydrogen-bond acceptors (Lipinski definition) is 3. The molecule has 1 aromatic carbocycles. The van der Waals surface area contributed by atoms with Gasteiger partial charge in [-0.25, -0.2) is 4.99 Å². The number of rotatable bonds is 7. The Labute approximate surface area is 196 Å². The van der Waals surface area contributed by atoms with Gasteiger partial charge >= 0.3 is 0 Å². The van der Waals surface area contributed by atoms with Crippen molar-refractivity contribution in [1.82, 2.24) is 20.1 Å². The first-order chi connectivity index (χ1) is 14.2. The molecule has 1 saturated heterocycles.